The molecule has 1 aliphatic heterocycles. The molecular formula is C22H24N2O5S2. The van der Waals surface area contributed by atoms with Crippen LogP contribution in [-0.4, -0.2) is 48.8 Å². The van der Waals surface area contributed by atoms with Crippen LogP contribution < -0.4 is 14.8 Å². The van der Waals surface area contributed by atoms with Gasteiger partial charge in [-0.2, -0.15) is 0 Å². The largest absolute Gasteiger partial charge is 0.493 e. The van der Waals surface area contributed by atoms with Gasteiger partial charge < -0.3 is 14.8 Å². The van der Waals surface area contributed by atoms with Gasteiger partial charge in [0.05, 0.1) is 18.6 Å². The minimum absolute atomic E-state index is 0.0996. The number of amides is 3. The van der Waals surface area contributed by atoms with E-state index in [1.165, 1.54) is 0 Å². The van der Waals surface area contributed by atoms with Crippen LogP contribution in [0.4, 0.5) is 4.79 Å². The number of carbonyl (C=O) groups excluding carboxylic acids is 3. The van der Waals surface area contributed by atoms with E-state index in [9.17, 15) is 14.4 Å². The molecule has 0 aliphatic carbocycles. The lowest BCUT2D eigenvalue weighted by Crippen LogP contribution is -2.37. The third-order valence-electron chi connectivity index (χ3n) is 4.50. The van der Waals surface area contributed by atoms with Gasteiger partial charge in [-0.3, -0.25) is 19.3 Å². The van der Waals surface area contributed by atoms with Crippen LogP contribution in [0.5, 0.6) is 11.5 Å². The third-order valence-corrected chi connectivity index (χ3v) is 6.34. The molecule has 1 N–H and O–H groups in total. The Kier molecular flexibility index (Phi) is 8.13. The molecule has 3 amide bonds. The Morgan fingerprint density at radius 1 is 1.23 bits per heavy atom. The molecule has 0 bridgehead atoms. The van der Waals surface area contributed by atoms with Crippen molar-refractivity contribution in [1.82, 2.24) is 10.2 Å². The number of aryl methyl sites for hydroxylation is 1. The smallest absolute Gasteiger partial charge is 0.293 e. The number of hydrogen-bond donors (Lipinski definition) is 1. The van der Waals surface area contributed by atoms with Crippen LogP contribution in [0.2, 0.25) is 0 Å². The number of carbonyl (C=O) groups is 3. The number of nitrogens with one attached hydrogen (secondary N) is 1. The Morgan fingerprint density at radius 3 is 2.77 bits per heavy atom. The van der Waals surface area contributed by atoms with Crippen molar-refractivity contribution in [3.63, 3.8) is 0 Å². The van der Waals surface area contributed by atoms with Gasteiger partial charge in [-0.05, 0) is 60.3 Å². The number of benzene rings is 1. The fourth-order valence-corrected chi connectivity index (χ4v) is 4.55. The third kappa shape index (κ3) is 6.11. The Morgan fingerprint density at radius 2 is 2.06 bits per heavy atom. The SMILES string of the molecule is CCOc1ccc(/C=C2\SC(=O)N(CCNC(=O)CCc3cccs3)C2=O)cc1OC. The van der Waals surface area contributed by atoms with Gasteiger partial charge in [0, 0.05) is 24.4 Å². The molecule has 1 saturated heterocycles. The molecular weight excluding hydrogens is 436 g/mol. The van der Waals surface area contributed by atoms with Crippen molar-refractivity contribution in [3.8, 4) is 11.5 Å². The summed E-state index contributed by atoms with van der Waals surface area (Å²) in [5.74, 6) is 0.707. The first-order valence-electron chi connectivity index (χ1n) is 9.87. The maximum absolute atomic E-state index is 12.6. The number of nitrogens with zero attached hydrogens (tertiary/aromatic N) is 1. The molecule has 2 heterocycles. The van der Waals surface area contributed by atoms with E-state index < -0.39 is 0 Å². The van der Waals surface area contributed by atoms with Crippen LogP contribution in [0.1, 0.15) is 23.8 Å². The molecule has 9 heteroatoms. The molecule has 2 aromatic rings. The number of methoxy groups -OCH3 is 1. The number of imide groups is 1. The summed E-state index contributed by atoms with van der Waals surface area (Å²) >= 11 is 2.50. The zero-order valence-electron chi connectivity index (χ0n) is 17.4. The van der Waals surface area contributed by atoms with Crippen LogP contribution in [0.3, 0.4) is 0 Å². The highest BCUT2D eigenvalue weighted by Crippen LogP contribution is 2.34. The summed E-state index contributed by atoms with van der Waals surface area (Å²) in [6, 6.07) is 9.27. The van der Waals surface area contributed by atoms with Crippen molar-refractivity contribution in [2.24, 2.45) is 0 Å². The van der Waals surface area contributed by atoms with Gasteiger partial charge in [0.25, 0.3) is 11.1 Å². The second-order valence-corrected chi connectivity index (χ2v) is 8.63. The molecule has 0 saturated carbocycles. The first-order chi connectivity index (χ1) is 15.0. The van der Waals surface area contributed by atoms with E-state index in [1.54, 1.807) is 42.7 Å². The van der Waals surface area contributed by atoms with Crippen LogP contribution >= 0.6 is 23.1 Å². The van der Waals surface area contributed by atoms with Gasteiger partial charge in [0.1, 0.15) is 0 Å². The lowest BCUT2D eigenvalue weighted by molar-refractivity contribution is -0.124. The molecule has 164 valence electrons. The normalized spacial score (nSPS) is 14.9. The highest BCUT2D eigenvalue weighted by Gasteiger charge is 2.34. The van der Waals surface area contributed by atoms with Gasteiger partial charge in [-0.25, -0.2) is 0 Å². The summed E-state index contributed by atoms with van der Waals surface area (Å²) in [7, 11) is 1.55. The minimum Gasteiger partial charge on any atom is -0.493 e. The van der Waals surface area contributed by atoms with Crippen molar-refractivity contribution >= 4 is 46.2 Å². The van der Waals surface area contributed by atoms with E-state index in [2.05, 4.69) is 5.32 Å². The highest BCUT2D eigenvalue weighted by atomic mass is 32.2. The average molecular weight is 461 g/mol. The minimum atomic E-state index is -0.365. The van der Waals surface area contributed by atoms with Crippen molar-refractivity contribution in [1.29, 1.82) is 0 Å². The van der Waals surface area contributed by atoms with Crippen molar-refractivity contribution in [3.05, 3.63) is 51.1 Å². The Hall–Kier alpha value is -2.78. The van der Waals surface area contributed by atoms with Gasteiger partial charge in [-0.15, -0.1) is 11.3 Å². The zero-order chi connectivity index (χ0) is 22.2. The first-order valence-corrected chi connectivity index (χ1v) is 11.6. The fourth-order valence-electron chi connectivity index (χ4n) is 2.98. The molecule has 3 rings (SSSR count). The second-order valence-electron chi connectivity index (χ2n) is 6.61. The summed E-state index contributed by atoms with van der Waals surface area (Å²) in [5.41, 5.74) is 0.729. The average Bonchev–Trinajstić information content (AvgIpc) is 3.37. The van der Waals surface area contributed by atoms with E-state index in [0.717, 1.165) is 27.1 Å². The van der Waals surface area contributed by atoms with Crippen molar-refractivity contribution in [2.75, 3.05) is 26.8 Å². The zero-order valence-corrected chi connectivity index (χ0v) is 19.0. The van der Waals surface area contributed by atoms with Crippen LogP contribution in [0, 0.1) is 0 Å². The van der Waals surface area contributed by atoms with Crippen LogP contribution in [0.25, 0.3) is 6.08 Å². The molecule has 1 aliphatic rings. The van der Waals surface area contributed by atoms with Gasteiger partial charge in [-0.1, -0.05) is 12.1 Å². The Bertz CT molecular complexity index is 972. The number of thiophene rings is 1. The van der Waals surface area contributed by atoms with E-state index in [0.29, 0.717) is 35.9 Å². The molecule has 0 radical (unpaired) electrons. The first kappa shape index (κ1) is 22.9. The Balaban J connectivity index is 1.54. The molecule has 1 aromatic carbocycles. The summed E-state index contributed by atoms with van der Waals surface area (Å²) < 4.78 is 10.8. The summed E-state index contributed by atoms with van der Waals surface area (Å²) in [5, 5.41) is 4.40. The van der Waals surface area contributed by atoms with Gasteiger partial charge in [0.2, 0.25) is 5.91 Å². The van der Waals surface area contributed by atoms with Crippen molar-refractivity contribution in [2.45, 2.75) is 19.8 Å². The predicted molar refractivity (Wildman–Crippen MR) is 122 cm³/mol. The maximum atomic E-state index is 12.6. The van der Waals surface area contributed by atoms with E-state index in [-0.39, 0.29) is 30.1 Å². The summed E-state index contributed by atoms with van der Waals surface area (Å²) in [6.45, 7) is 2.76. The Labute approximate surface area is 189 Å². The number of hydrogen-bond acceptors (Lipinski definition) is 7. The molecule has 0 unspecified atom stereocenters. The molecule has 0 atom stereocenters. The van der Waals surface area contributed by atoms with E-state index in [1.807, 2.05) is 24.4 Å². The maximum Gasteiger partial charge on any atom is 0.293 e. The van der Waals surface area contributed by atoms with Crippen LogP contribution in [-0.2, 0) is 16.0 Å². The van der Waals surface area contributed by atoms with E-state index in [4.69, 9.17) is 9.47 Å². The molecule has 0 spiro atoms. The summed E-state index contributed by atoms with van der Waals surface area (Å²) in [6.07, 6.45) is 2.71. The quantitative estimate of drug-likeness (QED) is 0.541. The van der Waals surface area contributed by atoms with E-state index >= 15 is 0 Å². The predicted octanol–water partition coefficient (Wildman–Crippen LogP) is 3.94. The molecule has 1 fully saturated rings. The lowest BCUT2D eigenvalue weighted by atomic mass is 10.2. The van der Waals surface area contributed by atoms with Crippen LogP contribution in [0.15, 0.2) is 40.6 Å². The molecule has 1 aromatic heterocycles. The fraction of sp³-hybridized carbons (Fsp3) is 0.318. The monoisotopic (exact) mass is 460 g/mol. The van der Waals surface area contributed by atoms with Crippen molar-refractivity contribution < 1.29 is 23.9 Å². The summed E-state index contributed by atoms with van der Waals surface area (Å²) in [4.78, 5) is 39.5. The number of thioether (sulfide) groups is 1. The lowest BCUT2D eigenvalue weighted by Gasteiger charge is -2.13. The standard InChI is InChI=1S/C22H24N2O5S2/c1-3-29-17-8-6-15(13-18(17)28-2)14-19-21(26)24(22(27)31-19)11-10-23-20(25)9-7-16-5-4-12-30-16/h4-6,8,12-14H,3,7,9-11H2,1-2H3,(H,23,25)/b19-14-. The topological polar surface area (TPSA) is 84.9 Å². The van der Waals surface area contributed by atoms with Gasteiger partial charge >= 0.3 is 0 Å². The molecule has 31 heavy (non-hydrogen) atoms. The molecule has 7 nitrogen and oxygen atoms in total. The highest BCUT2D eigenvalue weighted by molar-refractivity contribution is 8.18. The number of rotatable bonds is 10. The second kappa shape index (κ2) is 11.0. The number of ether oxygens (including phenoxy) is 2. The van der Waals surface area contributed by atoms with Gasteiger partial charge in [0.15, 0.2) is 11.5 Å².